The van der Waals surface area contributed by atoms with Gasteiger partial charge >= 0.3 is 6.18 Å². The minimum Gasteiger partial charge on any atom is -0.391 e. The number of aliphatic hydroxyl groups excluding tert-OH is 1. The lowest BCUT2D eigenvalue weighted by atomic mass is 10.0. The Labute approximate surface area is 203 Å². The molecule has 1 N–H and O–H groups in total. The molecule has 2 saturated heterocycles. The number of nitrogens with zero attached hydrogens (tertiary/aromatic N) is 4. The molecule has 0 saturated carbocycles. The van der Waals surface area contributed by atoms with Gasteiger partial charge in [0.1, 0.15) is 5.69 Å². The minimum atomic E-state index is -4.48. The molecule has 1 aromatic heterocycles. The van der Waals surface area contributed by atoms with E-state index >= 15 is 0 Å². The Hall–Kier alpha value is -3.73. The highest BCUT2D eigenvalue weighted by Gasteiger charge is 2.37. The van der Waals surface area contributed by atoms with E-state index in [0.29, 0.717) is 40.7 Å². The van der Waals surface area contributed by atoms with Crippen LogP contribution in [0.2, 0.25) is 0 Å². The molecule has 2 aliphatic rings. The van der Waals surface area contributed by atoms with Gasteiger partial charge in [-0.15, -0.1) is 0 Å². The number of para-hydroxylation sites is 1. The topological polar surface area (TPSA) is 78.7 Å². The number of hydrogen-bond donors (Lipinski definition) is 1. The number of alkyl halides is 3. The SMILES string of the molecule is C=C(F)C(=O)N1CC(n2nc(-c3ccc(C(F)(F)F)cc3)c3cccc(C(=O)N4CC[C@@H](O)C4)c32)C1. The number of hydrogen-bond acceptors (Lipinski definition) is 4. The fourth-order valence-electron chi connectivity index (χ4n) is 4.70. The number of halogens is 4. The van der Waals surface area contributed by atoms with Crippen LogP contribution in [0.1, 0.15) is 28.4 Å². The molecule has 2 fully saturated rings. The molecular weight excluding hydrogens is 480 g/mol. The highest BCUT2D eigenvalue weighted by atomic mass is 19.4. The first-order valence-electron chi connectivity index (χ1n) is 11.3. The number of benzene rings is 2. The summed E-state index contributed by atoms with van der Waals surface area (Å²) in [5.74, 6) is -2.21. The average Bonchev–Trinajstić information content (AvgIpc) is 3.41. The maximum absolute atomic E-state index is 13.4. The predicted octanol–water partition coefficient (Wildman–Crippen LogP) is 3.80. The van der Waals surface area contributed by atoms with Gasteiger partial charge in [0, 0.05) is 37.1 Å². The number of amides is 2. The van der Waals surface area contributed by atoms with Crippen molar-refractivity contribution in [3.8, 4) is 11.3 Å². The number of rotatable bonds is 4. The zero-order valence-corrected chi connectivity index (χ0v) is 19.0. The van der Waals surface area contributed by atoms with Crippen LogP contribution in [0.3, 0.4) is 0 Å². The number of aromatic nitrogens is 2. The molecule has 11 heteroatoms. The number of β-amino-alcohol motifs (C(OH)–C–C–N with tert-alkyl or cyclic N) is 1. The standard InChI is InChI=1S/C25H22F4N4O3/c1-14(26)23(35)32-11-17(12-32)33-22-19(3-2-4-20(22)24(36)31-10-9-18(34)13-31)21(30-33)15-5-7-16(8-6-15)25(27,28)29/h2-8,17-18,34H,1,9-13H2/t18-/m1/s1. The molecule has 2 aromatic carbocycles. The number of likely N-dealkylation sites (tertiary alicyclic amines) is 2. The summed E-state index contributed by atoms with van der Waals surface area (Å²) in [6.07, 6.45) is -4.63. The summed E-state index contributed by atoms with van der Waals surface area (Å²) < 4.78 is 54.1. The molecule has 0 aliphatic carbocycles. The van der Waals surface area contributed by atoms with Crippen LogP contribution in [0.25, 0.3) is 22.2 Å². The van der Waals surface area contributed by atoms with Crippen molar-refractivity contribution in [1.82, 2.24) is 19.6 Å². The van der Waals surface area contributed by atoms with Crippen LogP contribution in [0.15, 0.2) is 54.9 Å². The van der Waals surface area contributed by atoms with Crippen LogP contribution in [0, 0.1) is 0 Å². The lowest BCUT2D eigenvalue weighted by Crippen LogP contribution is -2.51. The summed E-state index contributed by atoms with van der Waals surface area (Å²) in [7, 11) is 0. The Balaban J connectivity index is 1.59. The Bertz CT molecular complexity index is 1360. The van der Waals surface area contributed by atoms with Gasteiger partial charge in [-0.2, -0.15) is 18.3 Å². The van der Waals surface area contributed by atoms with E-state index in [0.717, 1.165) is 12.1 Å². The average molecular weight is 502 g/mol. The van der Waals surface area contributed by atoms with Gasteiger partial charge in [-0.3, -0.25) is 14.3 Å². The monoisotopic (exact) mass is 502 g/mol. The first-order valence-corrected chi connectivity index (χ1v) is 11.3. The van der Waals surface area contributed by atoms with E-state index in [4.69, 9.17) is 0 Å². The Morgan fingerprint density at radius 1 is 1.03 bits per heavy atom. The Morgan fingerprint density at radius 3 is 2.31 bits per heavy atom. The third kappa shape index (κ3) is 4.13. The van der Waals surface area contributed by atoms with E-state index in [-0.39, 0.29) is 31.6 Å². The Morgan fingerprint density at radius 2 is 1.72 bits per heavy atom. The normalized spacial score (nSPS) is 18.5. The van der Waals surface area contributed by atoms with Gasteiger partial charge in [0.25, 0.3) is 11.8 Å². The number of aliphatic hydroxyl groups is 1. The summed E-state index contributed by atoms with van der Waals surface area (Å²) in [6, 6.07) is 9.24. The summed E-state index contributed by atoms with van der Waals surface area (Å²) in [4.78, 5) is 28.1. The first-order chi connectivity index (χ1) is 17.0. The van der Waals surface area contributed by atoms with Crippen molar-refractivity contribution in [1.29, 1.82) is 0 Å². The van der Waals surface area contributed by atoms with Gasteiger partial charge in [0.2, 0.25) is 0 Å². The summed E-state index contributed by atoms with van der Waals surface area (Å²) in [6.45, 7) is 3.88. The molecule has 3 aromatic rings. The molecule has 188 valence electrons. The number of fused-ring (bicyclic) bond motifs is 1. The van der Waals surface area contributed by atoms with Gasteiger partial charge < -0.3 is 14.9 Å². The van der Waals surface area contributed by atoms with E-state index in [9.17, 15) is 32.3 Å². The third-order valence-electron chi connectivity index (χ3n) is 6.62. The summed E-state index contributed by atoms with van der Waals surface area (Å²) in [5, 5.41) is 15.1. The quantitative estimate of drug-likeness (QED) is 0.435. The lowest BCUT2D eigenvalue weighted by Gasteiger charge is -2.39. The highest BCUT2D eigenvalue weighted by molar-refractivity contribution is 6.09. The first kappa shape index (κ1) is 24.0. The van der Waals surface area contributed by atoms with Crippen molar-refractivity contribution < 1.29 is 32.3 Å². The maximum Gasteiger partial charge on any atom is 0.416 e. The summed E-state index contributed by atoms with van der Waals surface area (Å²) >= 11 is 0. The molecule has 2 aliphatic heterocycles. The molecule has 2 amide bonds. The molecule has 1 atom stereocenters. The maximum atomic E-state index is 13.4. The van der Waals surface area contributed by atoms with Crippen LogP contribution < -0.4 is 0 Å². The molecule has 5 rings (SSSR count). The second kappa shape index (κ2) is 8.74. The third-order valence-corrected chi connectivity index (χ3v) is 6.62. The second-order valence-electron chi connectivity index (χ2n) is 9.03. The van der Waals surface area contributed by atoms with Crippen LogP contribution in [-0.2, 0) is 11.0 Å². The van der Waals surface area contributed by atoms with Crippen molar-refractivity contribution >= 4 is 22.7 Å². The molecule has 36 heavy (non-hydrogen) atoms. The van der Waals surface area contributed by atoms with Crippen molar-refractivity contribution in [2.24, 2.45) is 0 Å². The van der Waals surface area contributed by atoms with Crippen LogP contribution in [0.5, 0.6) is 0 Å². The number of carbonyl (C=O) groups is 2. The van der Waals surface area contributed by atoms with E-state index in [2.05, 4.69) is 11.7 Å². The predicted molar refractivity (Wildman–Crippen MR) is 123 cm³/mol. The fraction of sp³-hybridized carbons (Fsp3) is 0.320. The van der Waals surface area contributed by atoms with Crippen molar-refractivity contribution in [3.05, 3.63) is 66.0 Å². The molecule has 0 spiro atoms. The van der Waals surface area contributed by atoms with Crippen LogP contribution in [0.4, 0.5) is 17.6 Å². The molecule has 0 bridgehead atoms. The largest absolute Gasteiger partial charge is 0.416 e. The van der Waals surface area contributed by atoms with E-state index < -0.39 is 29.6 Å². The van der Waals surface area contributed by atoms with E-state index in [1.165, 1.54) is 21.9 Å². The van der Waals surface area contributed by atoms with Crippen molar-refractivity contribution in [2.75, 3.05) is 26.2 Å². The molecule has 0 unspecified atom stereocenters. The van der Waals surface area contributed by atoms with Crippen molar-refractivity contribution in [3.63, 3.8) is 0 Å². The molecular formula is C25H22F4N4O3. The van der Waals surface area contributed by atoms with Crippen LogP contribution >= 0.6 is 0 Å². The molecule has 3 heterocycles. The van der Waals surface area contributed by atoms with Gasteiger partial charge in [-0.05, 0) is 24.6 Å². The van der Waals surface area contributed by atoms with Gasteiger partial charge in [-0.25, -0.2) is 4.39 Å². The second-order valence-corrected chi connectivity index (χ2v) is 9.03. The van der Waals surface area contributed by atoms with Crippen molar-refractivity contribution in [2.45, 2.75) is 24.7 Å². The van der Waals surface area contributed by atoms with Gasteiger partial charge in [-0.1, -0.05) is 30.8 Å². The highest BCUT2D eigenvalue weighted by Crippen LogP contribution is 2.37. The summed E-state index contributed by atoms with van der Waals surface area (Å²) in [5.41, 5.74) is 0.812. The van der Waals surface area contributed by atoms with Gasteiger partial charge in [0.15, 0.2) is 5.83 Å². The fourth-order valence-corrected chi connectivity index (χ4v) is 4.70. The van der Waals surface area contributed by atoms with Gasteiger partial charge in [0.05, 0.1) is 28.8 Å². The van der Waals surface area contributed by atoms with E-state index in [1.54, 1.807) is 22.9 Å². The van der Waals surface area contributed by atoms with Crippen LogP contribution in [-0.4, -0.2) is 68.8 Å². The Kier molecular flexibility index (Phi) is 5.82. The lowest BCUT2D eigenvalue weighted by molar-refractivity contribution is -0.137. The molecule has 7 nitrogen and oxygen atoms in total. The zero-order chi connectivity index (χ0) is 25.8. The minimum absolute atomic E-state index is 0.135. The van der Waals surface area contributed by atoms with E-state index in [1.807, 2.05) is 0 Å². The smallest absolute Gasteiger partial charge is 0.391 e. The number of carbonyl (C=O) groups excluding carboxylic acids is 2. The molecule has 0 radical (unpaired) electrons. The zero-order valence-electron chi connectivity index (χ0n) is 19.0.